The fourth-order valence-corrected chi connectivity index (χ4v) is 3.71. The normalized spacial score (nSPS) is 18.4. The van der Waals surface area contributed by atoms with Crippen LogP contribution >= 0.6 is 0 Å². The maximum absolute atomic E-state index is 12.8. The maximum atomic E-state index is 12.8. The van der Waals surface area contributed by atoms with Crippen molar-refractivity contribution in [1.82, 2.24) is 15.1 Å². The van der Waals surface area contributed by atoms with Gasteiger partial charge in [0, 0.05) is 5.56 Å². The van der Waals surface area contributed by atoms with Gasteiger partial charge < -0.3 is 10.4 Å². The highest BCUT2D eigenvalue weighted by Crippen LogP contribution is 2.30. The van der Waals surface area contributed by atoms with E-state index in [4.69, 9.17) is 0 Å². The van der Waals surface area contributed by atoms with E-state index in [0.29, 0.717) is 12.2 Å². The third-order valence-corrected chi connectivity index (χ3v) is 5.36. The zero-order chi connectivity index (χ0) is 19.7. The van der Waals surface area contributed by atoms with Crippen LogP contribution in [0, 0.1) is 13.8 Å². The lowest BCUT2D eigenvalue weighted by atomic mass is 9.86. The Bertz CT molecular complexity index is 997. The van der Waals surface area contributed by atoms with E-state index in [1.54, 1.807) is 4.68 Å². The molecule has 144 valence electrons. The molecule has 0 bridgehead atoms. The van der Waals surface area contributed by atoms with Crippen molar-refractivity contribution in [2.75, 3.05) is 5.32 Å². The van der Waals surface area contributed by atoms with Crippen LogP contribution in [0.15, 0.2) is 54.6 Å². The molecule has 0 aliphatic heterocycles. The number of hydrogen-bond acceptors (Lipinski definition) is 3. The standard InChI is InChI=1S/C22H24N4O2/c1-14-15(2)25-26(17-9-4-3-5-10-17)21(14)24-22(28)23-20-18-11-7-6-8-16(18)12-13-19(20)27/h3-11,19-20,27H,12-13H2,1-2H3,(H2,23,24,28)/t19-,20?/m1/s1. The average molecular weight is 376 g/mol. The molecule has 0 saturated carbocycles. The highest BCUT2D eigenvalue weighted by atomic mass is 16.3. The first-order valence-corrected chi connectivity index (χ1v) is 9.49. The van der Waals surface area contributed by atoms with Gasteiger partial charge in [-0.3, -0.25) is 5.32 Å². The number of aromatic nitrogens is 2. The number of rotatable bonds is 3. The van der Waals surface area contributed by atoms with Crippen LogP contribution in [0.3, 0.4) is 0 Å². The van der Waals surface area contributed by atoms with Crippen molar-refractivity contribution in [2.24, 2.45) is 0 Å². The first-order chi connectivity index (χ1) is 13.5. The number of fused-ring (bicyclic) bond motifs is 1. The second kappa shape index (κ2) is 7.48. The van der Waals surface area contributed by atoms with Gasteiger partial charge in [-0.2, -0.15) is 5.10 Å². The number of nitrogens with one attached hydrogen (secondary N) is 2. The summed E-state index contributed by atoms with van der Waals surface area (Å²) in [6.07, 6.45) is 0.834. The second-order valence-electron chi connectivity index (χ2n) is 7.19. The summed E-state index contributed by atoms with van der Waals surface area (Å²) >= 11 is 0. The molecule has 1 unspecified atom stereocenters. The van der Waals surface area contributed by atoms with E-state index >= 15 is 0 Å². The largest absolute Gasteiger partial charge is 0.391 e. The fraction of sp³-hybridized carbons (Fsp3) is 0.273. The minimum atomic E-state index is -0.609. The Hall–Kier alpha value is -3.12. The molecule has 2 amide bonds. The second-order valence-corrected chi connectivity index (χ2v) is 7.19. The predicted molar refractivity (Wildman–Crippen MR) is 109 cm³/mol. The van der Waals surface area contributed by atoms with E-state index in [9.17, 15) is 9.90 Å². The maximum Gasteiger partial charge on any atom is 0.320 e. The lowest BCUT2D eigenvalue weighted by Crippen LogP contribution is -2.41. The molecule has 0 fully saturated rings. The van der Waals surface area contributed by atoms with Gasteiger partial charge in [0.25, 0.3) is 0 Å². The van der Waals surface area contributed by atoms with Gasteiger partial charge in [-0.05, 0) is 49.9 Å². The monoisotopic (exact) mass is 376 g/mol. The van der Waals surface area contributed by atoms with Crippen molar-refractivity contribution in [3.63, 3.8) is 0 Å². The molecule has 2 aromatic carbocycles. The van der Waals surface area contributed by atoms with Crippen LogP contribution in [0.2, 0.25) is 0 Å². The van der Waals surface area contributed by atoms with Crippen molar-refractivity contribution in [3.05, 3.63) is 77.0 Å². The first kappa shape index (κ1) is 18.3. The number of amides is 2. The minimum absolute atomic E-state index is 0.360. The molecule has 0 saturated heterocycles. The molecule has 0 spiro atoms. The Labute approximate surface area is 164 Å². The van der Waals surface area contributed by atoms with Crippen molar-refractivity contribution >= 4 is 11.8 Å². The van der Waals surface area contributed by atoms with Gasteiger partial charge in [0.15, 0.2) is 0 Å². The molecular weight excluding hydrogens is 352 g/mol. The van der Waals surface area contributed by atoms with Gasteiger partial charge in [-0.15, -0.1) is 0 Å². The predicted octanol–water partition coefficient (Wildman–Crippen LogP) is 3.66. The Morgan fingerprint density at radius 3 is 2.61 bits per heavy atom. The number of anilines is 1. The zero-order valence-electron chi connectivity index (χ0n) is 16.0. The van der Waals surface area contributed by atoms with E-state index in [0.717, 1.165) is 28.9 Å². The third-order valence-electron chi connectivity index (χ3n) is 5.36. The summed E-state index contributed by atoms with van der Waals surface area (Å²) in [5.74, 6) is 0.625. The summed E-state index contributed by atoms with van der Waals surface area (Å²) < 4.78 is 1.73. The minimum Gasteiger partial charge on any atom is -0.391 e. The van der Waals surface area contributed by atoms with E-state index in [-0.39, 0.29) is 6.03 Å². The highest BCUT2D eigenvalue weighted by Gasteiger charge is 2.29. The van der Waals surface area contributed by atoms with E-state index in [1.807, 2.05) is 68.4 Å². The van der Waals surface area contributed by atoms with Crippen LogP contribution in [0.5, 0.6) is 0 Å². The van der Waals surface area contributed by atoms with Crippen molar-refractivity contribution < 1.29 is 9.90 Å². The number of benzene rings is 2. The van der Waals surface area contributed by atoms with E-state index in [2.05, 4.69) is 15.7 Å². The van der Waals surface area contributed by atoms with E-state index < -0.39 is 12.1 Å². The number of carbonyl (C=O) groups is 1. The van der Waals surface area contributed by atoms with Crippen LogP contribution in [0.4, 0.5) is 10.6 Å². The first-order valence-electron chi connectivity index (χ1n) is 9.49. The van der Waals surface area contributed by atoms with Gasteiger partial charge in [-0.1, -0.05) is 42.5 Å². The Balaban J connectivity index is 1.59. The smallest absolute Gasteiger partial charge is 0.320 e. The molecule has 2 atom stereocenters. The summed E-state index contributed by atoms with van der Waals surface area (Å²) in [5.41, 5.74) is 4.77. The lowest BCUT2D eigenvalue weighted by Gasteiger charge is -2.31. The Morgan fingerprint density at radius 1 is 1.11 bits per heavy atom. The average Bonchev–Trinajstić information content (AvgIpc) is 2.99. The number of nitrogens with zero attached hydrogens (tertiary/aromatic N) is 2. The van der Waals surface area contributed by atoms with Crippen LogP contribution in [0.1, 0.15) is 34.8 Å². The van der Waals surface area contributed by atoms with Crippen molar-refractivity contribution in [2.45, 2.75) is 38.8 Å². The summed E-state index contributed by atoms with van der Waals surface area (Å²) in [6, 6.07) is 16.8. The summed E-state index contributed by atoms with van der Waals surface area (Å²) in [4.78, 5) is 12.8. The van der Waals surface area contributed by atoms with Gasteiger partial charge >= 0.3 is 6.03 Å². The highest BCUT2D eigenvalue weighted by molar-refractivity contribution is 5.90. The number of carbonyl (C=O) groups excluding carboxylic acids is 1. The van der Waals surface area contributed by atoms with Crippen LogP contribution in [0.25, 0.3) is 5.69 Å². The van der Waals surface area contributed by atoms with Crippen LogP contribution in [-0.2, 0) is 6.42 Å². The topological polar surface area (TPSA) is 79.2 Å². The van der Waals surface area contributed by atoms with Gasteiger partial charge in [-0.25, -0.2) is 9.48 Å². The number of hydrogen-bond donors (Lipinski definition) is 3. The molecular formula is C22H24N4O2. The molecule has 6 heteroatoms. The molecule has 1 aliphatic carbocycles. The fourth-order valence-electron chi connectivity index (χ4n) is 3.71. The lowest BCUT2D eigenvalue weighted by molar-refractivity contribution is 0.114. The molecule has 1 aliphatic rings. The van der Waals surface area contributed by atoms with Crippen LogP contribution < -0.4 is 10.6 Å². The summed E-state index contributed by atoms with van der Waals surface area (Å²) in [5, 5.41) is 20.9. The molecule has 6 nitrogen and oxygen atoms in total. The summed E-state index contributed by atoms with van der Waals surface area (Å²) in [7, 11) is 0. The molecule has 3 N–H and O–H groups in total. The molecule has 28 heavy (non-hydrogen) atoms. The zero-order valence-corrected chi connectivity index (χ0v) is 16.0. The van der Waals surface area contributed by atoms with Crippen molar-refractivity contribution in [3.8, 4) is 5.69 Å². The third kappa shape index (κ3) is 3.39. The van der Waals surface area contributed by atoms with Gasteiger partial charge in [0.1, 0.15) is 5.82 Å². The number of para-hydroxylation sites is 1. The Morgan fingerprint density at radius 2 is 1.82 bits per heavy atom. The van der Waals surface area contributed by atoms with Gasteiger partial charge in [0.05, 0.1) is 23.5 Å². The quantitative estimate of drug-likeness (QED) is 0.653. The summed E-state index contributed by atoms with van der Waals surface area (Å²) in [6.45, 7) is 3.85. The van der Waals surface area contributed by atoms with Gasteiger partial charge in [0.2, 0.25) is 0 Å². The number of aliphatic hydroxyl groups is 1. The molecule has 0 radical (unpaired) electrons. The SMILES string of the molecule is Cc1nn(-c2ccccc2)c(NC(=O)NC2c3ccccc3CC[C@H]2O)c1C. The molecule has 3 aromatic rings. The molecule has 1 heterocycles. The van der Waals surface area contributed by atoms with E-state index in [1.165, 1.54) is 5.56 Å². The molecule has 1 aromatic heterocycles. The number of urea groups is 1. The number of aliphatic hydroxyl groups excluding tert-OH is 1. The number of aryl methyl sites for hydroxylation is 2. The Kier molecular flexibility index (Phi) is 4.88. The molecule has 4 rings (SSSR count). The van der Waals surface area contributed by atoms with Crippen LogP contribution in [-0.4, -0.2) is 27.0 Å². The van der Waals surface area contributed by atoms with Crippen molar-refractivity contribution in [1.29, 1.82) is 0 Å².